The van der Waals surface area contributed by atoms with E-state index >= 15 is 0 Å². The second-order valence-corrected chi connectivity index (χ2v) is 17.5. The van der Waals surface area contributed by atoms with Crippen molar-refractivity contribution in [2.75, 3.05) is 39.3 Å². The zero-order valence-corrected chi connectivity index (χ0v) is 38.3. The fourth-order valence-corrected chi connectivity index (χ4v) is 7.19. The molecule has 0 aromatic carbocycles. The molecule has 0 fully saturated rings. The van der Waals surface area contributed by atoms with Crippen LogP contribution in [-0.4, -0.2) is 77.6 Å². The Balaban J connectivity index is 4.21. The van der Waals surface area contributed by atoms with Crippen LogP contribution in [0.15, 0.2) is 24.3 Å². The highest BCUT2D eigenvalue weighted by Crippen LogP contribution is 2.14. The second kappa shape index (κ2) is 40.4. The molecule has 334 valence electrons. The molecule has 0 aliphatic heterocycles. The van der Waals surface area contributed by atoms with Gasteiger partial charge in [0.2, 0.25) is 11.8 Å². The van der Waals surface area contributed by atoms with Crippen molar-refractivity contribution in [3.05, 3.63) is 24.3 Å². The molecular weight excluding hydrogens is 709 g/mol. The van der Waals surface area contributed by atoms with Crippen molar-refractivity contribution in [3.63, 3.8) is 0 Å². The molecule has 0 spiro atoms. The molecule has 0 unspecified atom stereocenters. The number of amides is 3. The molecule has 8 heteroatoms. The Kier molecular flexibility index (Phi) is 38.8. The summed E-state index contributed by atoms with van der Waals surface area (Å²) in [4.78, 5) is 40.8. The number of carboxylic acid groups (broad SMARTS) is 1. The maximum Gasteiger partial charge on any atom is 0.407 e. The van der Waals surface area contributed by atoms with Gasteiger partial charge in [-0.05, 0) is 85.0 Å². The molecule has 8 nitrogen and oxygen atoms in total. The molecule has 0 saturated heterocycles. The molecule has 0 rings (SSSR count). The maximum atomic E-state index is 12.7. The van der Waals surface area contributed by atoms with Crippen molar-refractivity contribution in [1.82, 2.24) is 20.4 Å². The van der Waals surface area contributed by atoms with E-state index in [1.807, 2.05) is 20.8 Å². The minimum absolute atomic E-state index is 0.0167. The number of nitrogens with one attached hydrogen (secondary N) is 2. The van der Waals surface area contributed by atoms with Crippen molar-refractivity contribution in [1.29, 1.82) is 0 Å². The van der Waals surface area contributed by atoms with Crippen LogP contribution in [0.5, 0.6) is 0 Å². The second-order valence-electron chi connectivity index (χ2n) is 17.5. The van der Waals surface area contributed by atoms with E-state index in [0.29, 0.717) is 52.1 Å². The molecule has 3 N–H and O–H groups in total. The zero-order valence-electron chi connectivity index (χ0n) is 38.3. The lowest BCUT2D eigenvalue weighted by atomic mass is 10.1. The lowest BCUT2D eigenvalue weighted by molar-refractivity contribution is -0.121. The summed E-state index contributed by atoms with van der Waals surface area (Å²) < 4.78 is 0. The van der Waals surface area contributed by atoms with E-state index in [9.17, 15) is 19.5 Å². The summed E-state index contributed by atoms with van der Waals surface area (Å²) in [6, 6.07) is 0. The van der Waals surface area contributed by atoms with Crippen molar-refractivity contribution < 1.29 is 19.5 Å². The summed E-state index contributed by atoms with van der Waals surface area (Å²) in [5, 5.41) is 15.9. The van der Waals surface area contributed by atoms with Crippen LogP contribution >= 0.6 is 0 Å². The molecule has 0 aliphatic carbocycles. The number of allylic oxidation sites excluding steroid dienone is 4. The summed E-state index contributed by atoms with van der Waals surface area (Å²) >= 11 is 0. The highest BCUT2D eigenvalue weighted by Gasteiger charge is 2.26. The third-order valence-corrected chi connectivity index (χ3v) is 11.0. The Labute approximate surface area is 353 Å². The van der Waals surface area contributed by atoms with E-state index in [-0.39, 0.29) is 11.8 Å². The van der Waals surface area contributed by atoms with Gasteiger partial charge in [-0.15, -0.1) is 0 Å². The number of unbranched alkanes of at least 4 members (excludes halogenated alkanes) is 24. The largest absolute Gasteiger partial charge is 0.465 e. The lowest BCUT2D eigenvalue weighted by Gasteiger charge is -2.35. The number of carbonyl (C=O) groups is 3. The Morgan fingerprint density at radius 1 is 0.456 bits per heavy atom. The third kappa shape index (κ3) is 38.9. The van der Waals surface area contributed by atoms with E-state index < -0.39 is 11.6 Å². The summed E-state index contributed by atoms with van der Waals surface area (Å²) in [6.45, 7) is 13.4. The highest BCUT2D eigenvalue weighted by molar-refractivity contribution is 5.76. The molecule has 0 heterocycles. The van der Waals surface area contributed by atoms with Gasteiger partial charge in [-0.25, -0.2) is 4.79 Å². The van der Waals surface area contributed by atoms with Crippen molar-refractivity contribution in [2.24, 2.45) is 0 Å². The molecule has 0 bridgehead atoms. The average molecular weight is 803 g/mol. The number of carbonyl (C=O) groups excluding carboxylic acids is 2. The number of rotatable bonds is 41. The Bertz CT molecular complexity index is 932. The SMILES string of the molecule is CCCCCCCC/C=C\CCCCCCCCNC(=O)CCN(CCC(=O)NCCCCCCCC/C=C\CCCCCCCC)CCN(C(=O)O)C(C)(C)C. The van der Waals surface area contributed by atoms with Crippen molar-refractivity contribution in [3.8, 4) is 0 Å². The standard InChI is InChI=1S/C49H94N4O4/c1-6-8-10-12-14-16-18-20-22-24-26-28-30-32-34-36-40-50-46(54)38-42-52(44-45-53(48(56)57)49(3,4)5)43-39-47(55)51-41-37-35-33-31-29-27-25-23-21-19-17-15-13-11-9-7-2/h20-23H,6-19,24-45H2,1-5H3,(H,50,54)(H,51,55)(H,56,57)/b22-20-,23-21-. The first-order valence-electron chi connectivity index (χ1n) is 24.2. The van der Waals surface area contributed by atoms with Crippen LogP contribution < -0.4 is 10.6 Å². The first-order chi connectivity index (χ1) is 27.6. The average Bonchev–Trinajstić information content (AvgIpc) is 3.17. The van der Waals surface area contributed by atoms with Gasteiger partial charge in [0.15, 0.2) is 0 Å². The van der Waals surface area contributed by atoms with E-state index in [2.05, 4.69) is 53.7 Å². The van der Waals surface area contributed by atoms with Gasteiger partial charge in [0.05, 0.1) is 0 Å². The normalized spacial score (nSPS) is 12.0. The van der Waals surface area contributed by atoms with Crippen LogP contribution in [0.4, 0.5) is 4.79 Å². The topological polar surface area (TPSA) is 102 Å². The predicted molar refractivity (Wildman–Crippen MR) is 245 cm³/mol. The van der Waals surface area contributed by atoms with E-state index in [1.54, 1.807) is 0 Å². The van der Waals surface area contributed by atoms with Gasteiger partial charge in [0.1, 0.15) is 0 Å². The molecule has 0 aromatic heterocycles. The Morgan fingerprint density at radius 2 is 0.772 bits per heavy atom. The maximum absolute atomic E-state index is 12.7. The lowest BCUT2D eigenvalue weighted by Crippen LogP contribution is -2.49. The molecule has 0 atom stereocenters. The van der Waals surface area contributed by atoms with E-state index in [0.717, 1.165) is 25.7 Å². The minimum Gasteiger partial charge on any atom is -0.465 e. The van der Waals surface area contributed by atoms with E-state index in [4.69, 9.17) is 0 Å². The predicted octanol–water partition coefficient (Wildman–Crippen LogP) is 13.2. The van der Waals surface area contributed by atoms with Gasteiger partial charge in [-0.2, -0.15) is 0 Å². The van der Waals surface area contributed by atoms with Crippen LogP contribution in [0.25, 0.3) is 0 Å². The molecule has 0 aromatic rings. The van der Waals surface area contributed by atoms with Crippen LogP contribution in [0.2, 0.25) is 0 Å². The number of hydrogen-bond acceptors (Lipinski definition) is 4. The fraction of sp³-hybridized carbons (Fsp3) is 0.857. The summed E-state index contributed by atoms with van der Waals surface area (Å²) in [5.41, 5.74) is -0.528. The number of hydrogen-bond donors (Lipinski definition) is 3. The first kappa shape index (κ1) is 54.6. The van der Waals surface area contributed by atoms with Crippen molar-refractivity contribution >= 4 is 17.9 Å². The van der Waals surface area contributed by atoms with Crippen LogP contribution in [0, 0.1) is 0 Å². The Hall–Kier alpha value is -2.35. The van der Waals surface area contributed by atoms with Crippen LogP contribution in [-0.2, 0) is 9.59 Å². The quantitative estimate of drug-likeness (QED) is 0.0422. The Morgan fingerprint density at radius 3 is 1.09 bits per heavy atom. The third-order valence-electron chi connectivity index (χ3n) is 11.0. The van der Waals surface area contributed by atoms with Gasteiger partial charge < -0.3 is 25.5 Å². The smallest absolute Gasteiger partial charge is 0.407 e. The number of nitrogens with zero attached hydrogens (tertiary/aromatic N) is 2. The summed E-state index contributed by atoms with van der Waals surface area (Å²) in [7, 11) is 0. The first-order valence-corrected chi connectivity index (χ1v) is 24.2. The van der Waals surface area contributed by atoms with Gasteiger partial charge in [0, 0.05) is 57.6 Å². The molecule has 0 radical (unpaired) electrons. The molecule has 3 amide bonds. The summed E-state index contributed by atoms with van der Waals surface area (Å²) in [5.74, 6) is 0.0335. The van der Waals surface area contributed by atoms with Crippen molar-refractivity contribution in [2.45, 2.75) is 233 Å². The van der Waals surface area contributed by atoms with E-state index in [1.165, 1.54) is 159 Å². The highest BCUT2D eigenvalue weighted by atomic mass is 16.4. The monoisotopic (exact) mass is 803 g/mol. The molecule has 57 heavy (non-hydrogen) atoms. The molecular formula is C49H94N4O4. The van der Waals surface area contributed by atoms with Crippen LogP contribution in [0.1, 0.15) is 227 Å². The summed E-state index contributed by atoms with van der Waals surface area (Å²) in [6.07, 6.45) is 44.6. The fourth-order valence-electron chi connectivity index (χ4n) is 7.19. The van der Waals surface area contributed by atoms with Gasteiger partial charge in [-0.1, -0.05) is 154 Å². The van der Waals surface area contributed by atoms with Crippen LogP contribution in [0.3, 0.4) is 0 Å². The zero-order chi connectivity index (χ0) is 42.1. The minimum atomic E-state index is -0.954. The van der Waals surface area contributed by atoms with Gasteiger partial charge >= 0.3 is 6.09 Å². The molecule has 0 saturated carbocycles. The van der Waals surface area contributed by atoms with Gasteiger partial charge in [0.25, 0.3) is 0 Å². The molecule has 0 aliphatic rings. The van der Waals surface area contributed by atoms with Gasteiger partial charge in [-0.3, -0.25) is 9.59 Å².